The summed E-state index contributed by atoms with van der Waals surface area (Å²) in [5.41, 5.74) is 1.19. The molecule has 0 bridgehead atoms. The monoisotopic (exact) mass is 250 g/mol. The zero-order chi connectivity index (χ0) is 13.0. The lowest BCUT2D eigenvalue weighted by atomic mass is 10.1. The molecule has 2 heterocycles. The molecular formula is C14H26N4. The van der Waals surface area contributed by atoms with E-state index in [4.69, 9.17) is 0 Å². The van der Waals surface area contributed by atoms with E-state index in [1.54, 1.807) is 0 Å². The molecule has 1 unspecified atom stereocenters. The van der Waals surface area contributed by atoms with Gasteiger partial charge in [0.15, 0.2) is 0 Å². The fraction of sp³-hybridized carbons (Fsp3) is 0.786. The molecule has 1 aliphatic rings. The van der Waals surface area contributed by atoms with E-state index in [1.165, 1.54) is 18.5 Å². The van der Waals surface area contributed by atoms with Gasteiger partial charge in [-0.05, 0) is 52.4 Å². The molecule has 0 radical (unpaired) electrons. The van der Waals surface area contributed by atoms with Gasteiger partial charge in [0, 0.05) is 24.8 Å². The zero-order valence-corrected chi connectivity index (χ0v) is 11.9. The van der Waals surface area contributed by atoms with E-state index in [9.17, 15) is 0 Å². The number of piperidine rings is 1. The average molecular weight is 250 g/mol. The van der Waals surface area contributed by atoms with Crippen molar-refractivity contribution in [2.24, 2.45) is 0 Å². The van der Waals surface area contributed by atoms with Gasteiger partial charge in [-0.2, -0.15) is 5.10 Å². The molecule has 4 nitrogen and oxygen atoms in total. The number of hydrogen-bond acceptors (Lipinski definition) is 3. The summed E-state index contributed by atoms with van der Waals surface area (Å²) < 4.78 is 2.09. The highest BCUT2D eigenvalue weighted by atomic mass is 15.3. The third kappa shape index (κ3) is 3.33. The highest BCUT2D eigenvalue weighted by Crippen LogP contribution is 2.14. The Labute approximate surface area is 110 Å². The molecule has 1 N–H and O–H groups in total. The Kier molecular flexibility index (Phi) is 4.78. The second kappa shape index (κ2) is 6.34. The van der Waals surface area contributed by atoms with Gasteiger partial charge in [0.05, 0.1) is 5.69 Å². The van der Waals surface area contributed by atoms with Crippen LogP contribution >= 0.6 is 0 Å². The zero-order valence-electron chi connectivity index (χ0n) is 11.9. The van der Waals surface area contributed by atoms with Gasteiger partial charge in [0.1, 0.15) is 0 Å². The van der Waals surface area contributed by atoms with Gasteiger partial charge in [-0.1, -0.05) is 6.92 Å². The average Bonchev–Trinajstić information content (AvgIpc) is 2.87. The summed E-state index contributed by atoms with van der Waals surface area (Å²) in [4.78, 5) is 2.45. The maximum atomic E-state index is 4.68. The Balaban J connectivity index is 1.90. The standard InChI is InChI=1S/C14H26N4/c1-4-12(2)18-10-7-13(16-18)11-17(3)14-5-8-15-9-6-14/h7,10,12,14-15H,4-6,8-9,11H2,1-3H3. The van der Waals surface area contributed by atoms with E-state index in [2.05, 4.69) is 53.2 Å². The van der Waals surface area contributed by atoms with Crippen molar-refractivity contribution in [2.75, 3.05) is 20.1 Å². The van der Waals surface area contributed by atoms with Gasteiger partial charge in [-0.25, -0.2) is 0 Å². The van der Waals surface area contributed by atoms with Crippen molar-refractivity contribution in [2.45, 2.75) is 51.7 Å². The van der Waals surface area contributed by atoms with Crippen molar-refractivity contribution in [3.63, 3.8) is 0 Å². The van der Waals surface area contributed by atoms with Crippen molar-refractivity contribution in [1.29, 1.82) is 0 Å². The summed E-state index contributed by atoms with van der Waals surface area (Å²) >= 11 is 0. The highest BCUT2D eigenvalue weighted by Gasteiger charge is 2.18. The van der Waals surface area contributed by atoms with Crippen LogP contribution in [0.1, 0.15) is 44.8 Å². The van der Waals surface area contributed by atoms with E-state index in [-0.39, 0.29) is 0 Å². The van der Waals surface area contributed by atoms with Crippen LogP contribution in [0.3, 0.4) is 0 Å². The van der Waals surface area contributed by atoms with E-state index in [0.29, 0.717) is 12.1 Å². The Morgan fingerprint density at radius 2 is 2.22 bits per heavy atom. The van der Waals surface area contributed by atoms with Gasteiger partial charge in [0.2, 0.25) is 0 Å². The molecule has 1 atom stereocenters. The maximum absolute atomic E-state index is 4.68. The van der Waals surface area contributed by atoms with Crippen LogP contribution in [0.2, 0.25) is 0 Å². The van der Waals surface area contributed by atoms with Gasteiger partial charge >= 0.3 is 0 Å². The molecule has 0 aromatic carbocycles. The van der Waals surface area contributed by atoms with E-state index < -0.39 is 0 Å². The minimum Gasteiger partial charge on any atom is -0.317 e. The molecule has 0 saturated carbocycles. The van der Waals surface area contributed by atoms with Crippen LogP contribution in [0.15, 0.2) is 12.3 Å². The summed E-state index contributed by atoms with van der Waals surface area (Å²) in [6.07, 6.45) is 5.75. The number of nitrogens with zero attached hydrogens (tertiary/aromatic N) is 3. The lowest BCUT2D eigenvalue weighted by Gasteiger charge is -2.31. The van der Waals surface area contributed by atoms with Crippen LogP contribution in [0, 0.1) is 0 Å². The fourth-order valence-electron chi connectivity index (χ4n) is 2.53. The van der Waals surface area contributed by atoms with Crippen LogP contribution in [-0.4, -0.2) is 40.9 Å². The topological polar surface area (TPSA) is 33.1 Å². The number of hydrogen-bond donors (Lipinski definition) is 1. The van der Waals surface area contributed by atoms with Crippen LogP contribution < -0.4 is 5.32 Å². The van der Waals surface area contributed by atoms with E-state index in [1.807, 2.05) is 0 Å². The Morgan fingerprint density at radius 1 is 1.50 bits per heavy atom. The minimum absolute atomic E-state index is 0.503. The molecule has 1 fully saturated rings. The summed E-state index contributed by atoms with van der Waals surface area (Å²) in [5.74, 6) is 0. The Hall–Kier alpha value is -0.870. The molecule has 18 heavy (non-hydrogen) atoms. The minimum atomic E-state index is 0.503. The highest BCUT2D eigenvalue weighted by molar-refractivity contribution is 5.00. The Morgan fingerprint density at radius 3 is 2.89 bits per heavy atom. The molecule has 0 amide bonds. The van der Waals surface area contributed by atoms with Crippen molar-refractivity contribution in [3.05, 3.63) is 18.0 Å². The van der Waals surface area contributed by atoms with Crippen molar-refractivity contribution in [3.8, 4) is 0 Å². The third-order valence-corrected chi connectivity index (χ3v) is 4.05. The smallest absolute Gasteiger partial charge is 0.0764 e. The molecule has 1 aromatic heterocycles. The molecule has 1 aromatic rings. The molecular weight excluding hydrogens is 224 g/mol. The van der Waals surface area contributed by atoms with Crippen LogP contribution in [0.4, 0.5) is 0 Å². The second-order valence-corrected chi connectivity index (χ2v) is 5.44. The van der Waals surface area contributed by atoms with Crippen molar-refractivity contribution in [1.82, 2.24) is 20.0 Å². The van der Waals surface area contributed by atoms with Gasteiger partial charge in [0.25, 0.3) is 0 Å². The number of rotatable bonds is 5. The lowest BCUT2D eigenvalue weighted by molar-refractivity contribution is 0.189. The first kappa shape index (κ1) is 13.6. The fourth-order valence-corrected chi connectivity index (χ4v) is 2.53. The molecule has 0 spiro atoms. The lowest BCUT2D eigenvalue weighted by Crippen LogP contribution is -2.40. The van der Waals surface area contributed by atoms with Gasteiger partial charge < -0.3 is 5.32 Å². The summed E-state index contributed by atoms with van der Waals surface area (Å²) in [5, 5.41) is 8.09. The van der Waals surface area contributed by atoms with Gasteiger partial charge in [-0.3, -0.25) is 9.58 Å². The normalized spacial score (nSPS) is 19.3. The van der Waals surface area contributed by atoms with Gasteiger partial charge in [-0.15, -0.1) is 0 Å². The first-order valence-electron chi connectivity index (χ1n) is 7.15. The molecule has 0 aliphatic carbocycles. The number of nitrogens with one attached hydrogen (secondary N) is 1. The summed E-state index contributed by atoms with van der Waals surface area (Å²) in [6, 6.07) is 3.37. The maximum Gasteiger partial charge on any atom is 0.0764 e. The summed E-state index contributed by atoms with van der Waals surface area (Å²) in [7, 11) is 2.22. The number of aromatic nitrogens is 2. The third-order valence-electron chi connectivity index (χ3n) is 4.05. The predicted octanol–water partition coefficient (Wildman–Crippen LogP) is 2.04. The van der Waals surface area contributed by atoms with Crippen LogP contribution in [0.5, 0.6) is 0 Å². The quantitative estimate of drug-likeness (QED) is 0.868. The van der Waals surface area contributed by atoms with E-state index >= 15 is 0 Å². The predicted molar refractivity (Wildman–Crippen MR) is 74.6 cm³/mol. The molecule has 4 heteroatoms. The SMILES string of the molecule is CCC(C)n1ccc(CN(C)C2CCNCC2)n1. The first-order chi connectivity index (χ1) is 8.70. The summed E-state index contributed by atoms with van der Waals surface area (Å²) in [6.45, 7) is 7.68. The Bertz CT molecular complexity index is 354. The first-order valence-corrected chi connectivity index (χ1v) is 7.15. The molecule has 1 saturated heterocycles. The van der Waals surface area contributed by atoms with E-state index in [0.717, 1.165) is 26.1 Å². The molecule has 2 rings (SSSR count). The van der Waals surface area contributed by atoms with Crippen LogP contribution in [0.25, 0.3) is 0 Å². The largest absolute Gasteiger partial charge is 0.317 e. The van der Waals surface area contributed by atoms with Crippen LogP contribution in [-0.2, 0) is 6.54 Å². The molecule has 102 valence electrons. The van der Waals surface area contributed by atoms with Crippen molar-refractivity contribution < 1.29 is 0 Å². The second-order valence-electron chi connectivity index (χ2n) is 5.44. The molecule has 1 aliphatic heterocycles. The van der Waals surface area contributed by atoms with Crippen molar-refractivity contribution >= 4 is 0 Å².